The zero-order valence-corrected chi connectivity index (χ0v) is 12.2. The number of imidazole rings is 1. The van der Waals surface area contributed by atoms with Gasteiger partial charge in [0.05, 0.1) is 12.3 Å². The molecule has 3 aromatic rings. The normalized spacial score (nSPS) is 14.4. The van der Waals surface area contributed by atoms with Crippen molar-refractivity contribution in [1.29, 1.82) is 0 Å². The molecule has 1 aromatic carbocycles. The Bertz CT molecular complexity index is 720. The summed E-state index contributed by atoms with van der Waals surface area (Å²) in [6.45, 7) is -0.0782. The standard InChI is InChI=1S/C15H16FN3OS/c16-13-4-2-1-3-12(13)15(9-17,10-20)7-11-8-19-5-6-21-14(19)18-11/h1-6,8,20H,7,9-10,17H2. The molecule has 4 nitrogen and oxygen atoms in total. The molecule has 0 saturated heterocycles. The van der Waals surface area contributed by atoms with E-state index in [9.17, 15) is 9.50 Å². The van der Waals surface area contributed by atoms with Crippen LogP contribution in [0.1, 0.15) is 11.3 Å². The summed E-state index contributed by atoms with van der Waals surface area (Å²) in [7, 11) is 0. The lowest BCUT2D eigenvalue weighted by Crippen LogP contribution is -2.41. The van der Waals surface area contributed by atoms with Gasteiger partial charge in [0.1, 0.15) is 5.82 Å². The van der Waals surface area contributed by atoms with Crippen molar-refractivity contribution in [1.82, 2.24) is 9.38 Å². The lowest BCUT2D eigenvalue weighted by atomic mass is 9.77. The van der Waals surface area contributed by atoms with Gasteiger partial charge in [0.2, 0.25) is 0 Å². The van der Waals surface area contributed by atoms with E-state index in [-0.39, 0.29) is 19.0 Å². The predicted molar refractivity (Wildman–Crippen MR) is 81.0 cm³/mol. The molecule has 0 saturated carbocycles. The molecule has 0 radical (unpaired) electrons. The minimum absolute atomic E-state index is 0.148. The van der Waals surface area contributed by atoms with Gasteiger partial charge in [0, 0.05) is 36.2 Å². The monoisotopic (exact) mass is 305 g/mol. The van der Waals surface area contributed by atoms with E-state index in [1.54, 1.807) is 18.2 Å². The summed E-state index contributed by atoms with van der Waals surface area (Å²) in [5, 5.41) is 11.8. The fraction of sp³-hybridized carbons (Fsp3) is 0.267. The summed E-state index contributed by atoms with van der Waals surface area (Å²) in [5.74, 6) is -0.349. The minimum Gasteiger partial charge on any atom is -0.395 e. The minimum atomic E-state index is -0.852. The number of aliphatic hydroxyl groups is 1. The van der Waals surface area contributed by atoms with Crippen LogP contribution < -0.4 is 5.73 Å². The Labute approximate surface area is 125 Å². The first-order valence-corrected chi connectivity index (χ1v) is 7.53. The molecule has 110 valence electrons. The quantitative estimate of drug-likeness (QED) is 0.757. The zero-order valence-electron chi connectivity index (χ0n) is 11.4. The topological polar surface area (TPSA) is 63.5 Å². The van der Waals surface area contributed by atoms with Crippen LogP contribution in [-0.2, 0) is 11.8 Å². The fourth-order valence-electron chi connectivity index (χ4n) is 2.58. The molecule has 0 bridgehead atoms. The van der Waals surface area contributed by atoms with Crippen LogP contribution in [0.4, 0.5) is 4.39 Å². The number of rotatable bonds is 5. The number of hydrogen-bond acceptors (Lipinski definition) is 4. The Morgan fingerprint density at radius 2 is 2.19 bits per heavy atom. The molecule has 2 aromatic heterocycles. The fourth-order valence-corrected chi connectivity index (χ4v) is 3.30. The first-order chi connectivity index (χ1) is 10.2. The van der Waals surface area contributed by atoms with Gasteiger partial charge in [-0.05, 0) is 11.6 Å². The molecule has 3 rings (SSSR count). The molecular weight excluding hydrogens is 289 g/mol. The van der Waals surface area contributed by atoms with Gasteiger partial charge < -0.3 is 10.8 Å². The van der Waals surface area contributed by atoms with E-state index in [0.29, 0.717) is 12.0 Å². The van der Waals surface area contributed by atoms with Crippen LogP contribution >= 0.6 is 11.3 Å². The Morgan fingerprint density at radius 1 is 1.38 bits per heavy atom. The number of aliphatic hydroxyl groups excluding tert-OH is 1. The van der Waals surface area contributed by atoms with Crippen LogP contribution in [0, 0.1) is 5.82 Å². The van der Waals surface area contributed by atoms with E-state index < -0.39 is 5.41 Å². The van der Waals surface area contributed by atoms with Crippen molar-refractivity contribution in [2.24, 2.45) is 5.73 Å². The summed E-state index contributed by atoms with van der Waals surface area (Å²) in [6, 6.07) is 6.45. The molecule has 0 fully saturated rings. The first-order valence-electron chi connectivity index (χ1n) is 6.65. The Balaban J connectivity index is 2.01. The summed E-state index contributed by atoms with van der Waals surface area (Å²) >= 11 is 1.53. The van der Waals surface area contributed by atoms with Crippen LogP contribution in [0.5, 0.6) is 0 Å². The maximum atomic E-state index is 14.1. The third kappa shape index (κ3) is 2.46. The molecule has 1 atom stereocenters. The number of halogens is 1. The summed E-state index contributed by atoms with van der Waals surface area (Å²) in [5.41, 5.74) is 6.26. The zero-order chi connectivity index (χ0) is 14.9. The molecule has 2 heterocycles. The smallest absolute Gasteiger partial charge is 0.193 e. The number of nitrogens with zero attached hydrogens (tertiary/aromatic N) is 2. The second kappa shape index (κ2) is 5.55. The maximum absolute atomic E-state index is 14.1. The molecule has 0 aliphatic rings. The number of hydrogen-bond donors (Lipinski definition) is 2. The van der Waals surface area contributed by atoms with Gasteiger partial charge in [-0.2, -0.15) is 0 Å². The van der Waals surface area contributed by atoms with Gasteiger partial charge in [-0.25, -0.2) is 9.37 Å². The Hall–Kier alpha value is -1.76. The largest absolute Gasteiger partial charge is 0.395 e. The number of aromatic nitrogens is 2. The molecule has 0 spiro atoms. The van der Waals surface area contributed by atoms with Crippen molar-refractivity contribution in [2.45, 2.75) is 11.8 Å². The molecular formula is C15H16FN3OS. The van der Waals surface area contributed by atoms with Gasteiger partial charge in [0.15, 0.2) is 4.96 Å². The van der Waals surface area contributed by atoms with E-state index in [0.717, 1.165) is 10.7 Å². The van der Waals surface area contributed by atoms with Crippen molar-refractivity contribution in [2.75, 3.05) is 13.2 Å². The number of benzene rings is 1. The van der Waals surface area contributed by atoms with Gasteiger partial charge >= 0.3 is 0 Å². The molecule has 0 aliphatic heterocycles. The molecule has 0 aliphatic carbocycles. The van der Waals surface area contributed by atoms with E-state index >= 15 is 0 Å². The van der Waals surface area contributed by atoms with Crippen molar-refractivity contribution in [3.05, 3.63) is 59.1 Å². The average molecular weight is 305 g/mol. The van der Waals surface area contributed by atoms with Crippen LogP contribution in [0.15, 0.2) is 42.0 Å². The van der Waals surface area contributed by atoms with Gasteiger partial charge in [0.25, 0.3) is 0 Å². The Morgan fingerprint density at radius 3 is 2.86 bits per heavy atom. The van der Waals surface area contributed by atoms with Crippen LogP contribution in [0.3, 0.4) is 0 Å². The van der Waals surface area contributed by atoms with Gasteiger partial charge in [-0.15, -0.1) is 11.3 Å². The highest BCUT2D eigenvalue weighted by atomic mass is 32.1. The summed E-state index contributed by atoms with van der Waals surface area (Å²) < 4.78 is 16.0. The molecule has 21 heavy (non-hydrogen) atoms. The van der Waals surface area contributed by atoms with E-state index in [1.165, 1.54) is 17.4 Å². The van der Waals surface area contributed by atoms with Crippen molar-refractivity contribution in [3.8, 4) is 0 Å². The second-order valence-electron chi connectivity index (χ2n) is 5.12. The van der Waals surface area contributed by atoms with Crippen LogP contribution in [0.25, 0.3) is 4.96 Å². The van der Waals surface area contributed by atoms with Gasteiger partial charge in [-0.1, -0.05) is 18.2 Å². The van der Waals surface area contributed by atoms with Crippen LogP contribution in [-0.4, -0.2) is 27.6 Å². The van der Waals surface area contributed by atoms with Crippen molar-refractivity contribution >= 4 is 16.3 Å². The summed E-state index contributed by atoms with van der Waals surface area (Å²) in [6.07, 6.45) is 4.21. The number of fused-ring (bicyclic) bond motifs is 1. The lowest BCUT2D eigenvalue weighted by molar-refractivity contribution is 0.191. The third-order valence-electron chi connectivity index (χ3n) is 3.80. The average Bonchev–Trinajstić information content (AvgIpc) is 3.07. The molecule has 6 heteroatoms. The van der Waals surface area contributed by atoms with Crippen molar-refractivity contribution in [3.63, 3.8) is 0 Å². The SMILES string of the molecule is NCC(CO)(Cc1cn2ccsc2n1)c1ccccc1F. The highest BCUT2D eigenvalue weighted by molar-refractivity contribution is 7.15. The molecule has 0 amide bonds. The third-order valence-corrected chi connectivity index (χ3v) is 4.57. The molecule has 3 N–H and O–H groups in total. The van der Waals surface area contributed by atoms with Crippen molar-refractivity contribution < 1.29 is 9.50 Å². The summed E-state index contributed by atoms with van der Waals surface area (Å²) in [4.78, 5) is 5.38. The van der Waals surface area contributed by atoms with E-state index in [1.807, 2.05) is 22.2 Å². The van der Waals surface area contributed by atoms with E-state index in [2.05, 4.69) is 4.98 Å². The Kier molecular flexibility index (Phi) is 3.75. The highest BCUT2D eigenvalue weighted by Gasteiger charge is 2.34. The van der Waals surface area contributed by atoms with Gasteiger partial charge in [-0.3, -0.25) is 4.40 Å². The lowest BCUT2D eigenvalue weighted by Gasteiger charge is -2.30. The first kappa shape index (κ1) is 14.2. The maximum Gasteiger partial charge on any atom is 0.193 e. The number of nitrogens with two attached hydrogens (primary N) is 1. The molecule has 1 unspecified atom stereocenters. The predicted octanol–water partition coefficient (Wildman–Crippen LogP) is 1.97. The number of thiazole rings is 1. The highest BCUT2D eigenvalue weighted by Crippen LogP contribution is 2.29. The van der Waals surface area contributed by atoms with Crippen LogP contribution in [0.2, 0.25) is 0 Å². The second-order valence-corrected chi connectivity index (χ2v) is 6.00. The van der Waals surface area contributed by atoms with E-state index in [4.69, 9.17) is 5.73 Å².